The Labute approximate surface area is 246 Å². The Morgan fingerprint density at radius 1 is 1.00 bits per heavy atom. The number of amides is 2. The molecule has 7 nitrogen and oxygen atoms in total. The summed E-state index contributed by atoms with van der Waals surface area (Å²) < 4.78 is 43.5. The Hall–Kier alpha value is -3.43. The number of aryl methyl sites for hydroxylation is 1. The molecule has 0 spiro atoms. The lowest BCUT2D eigenvalue weighted by Crippen LogP contribution is -2.53. The normalized spacial score (nSPS) is 14.7. The van der Waals surface area contributed by atoms with Crippen molar-refractivity contribution < 1.29 is 22.4 Å². The molecule has 0 bridgehead atoms. The minimum atomic E-state index is -4.20. The fraction of sp³-hybridized carbons (Fsp3) is 0.355. The monoisotopic (exact) mass is 599 g/mol. The number of nitrogens with one attached hydrogen (secondary N) is 1. The van der Waals surface area contributed by atoms with Crippen molar-refractivity contribution in [1.82, 2.24) is 10.2 Å². The zero-order chi connectivity index (χ0) is 29.6. The van der Waals surface area contributed by atoms with Crippen LogP contribution in [0.2, 0.25) is 5.02 Å². The SMILES string of the molecule is Cc1cc(Cl)ccc1N(CC(=O)N(Cc1ccccc1F)C(C)C(=O)NC1CCCCC1)S(=O)(=O)c1ccccc1. The first-order chi connectivity index (χ1) is 19.6. The van der Waals surface area contributed by atoms with Gasteiger partial charge in [0, 0.05) is 23.2 Å². The van der Waals surface area contributed by atoms with Crippen molar-refractivity contribution in [2.24, 2.45) is 0 Å². The summed E-state index contributed by atoms with van der Waals surface area (Å²) >= 11 is 6.15. The number of anilines is 1. The average Bonchev–Trinajstić information content (AvgIpc) is 2.96. The van der Waals surface area contributed by atoms with Gasteiger partial charge < -0.3 is 10.2 Å². The first-order valence-electron chi connectivity index (χ1n) is 13.7. The highest BCUT2D eigenvalue weighted by Crippen LogP contribution is 2.29. The lowest BCUT2D eigenvalue weighted by Gasteiger charge is -2.33. The molecule has 0 aromatic heterocycles. The quantitative estimate of drug-likeness (QED) is 0.317. The third kappa shape index (κ3) is 7.45. The van der Waals surface area contributed by atoms with Gasteiger partial charge in [-0.2, -0.15) is 0 Å². The summed E-state index contributed by atoms with van der Waals surface area (Å²) in [5.41, 5.74) is 1.05. The maximum absolute atomic E-state index is 14.7. The van der Waals surface area contributed by atoms with Gasteiger partial charge >= 0.3 is 0 Å². The first kappa shape index (κ1) is 30.5. The van der Waals surface area contributed by atoms with Crippen LogP contribution in [0.3, 0.4) is 0 Å². The lowest BCUT2D eigenvalue weighted by molar-refractivity contribution is -0.139. The second-order valence-electron chi connectivity index (χ2n) is 10.4. The average molecular weight is 600 g/mol. The number of hydrogen-bond acceptors (Lipinski definition) is 4. The minimum absolute atomic E-state index is 0.00546. The fourth-order valence-corrected chi connectivity index (χ4v) is 6.82. The van der Waals surface area contributed by atoms with Crippen LogP contribution in [0.1, 0.15) is 50.2 Å². The topological polar surface area (TPSA) is 86.8 Å². The van der Waals surface area contributed by atoms with Crippen molar-refractivity contribution in [2.75, 3.05) is 10.8 Å². The van der Waals surface area contributed by atoms with Gasteiger partial charge in [0.1, 0.15) is 18.4 Å². The van der Waals surface area contributed by atoms with Crippen molar-refractivity contribution in [3.05, 3.63) is 94.8 Å². The van der Waals surface area contributed by atoms with Gasteiger partial charge in [-0.1, -0.05) is 67.3 Å². The van der Waals surface area contributed by atoms with Crippen molar-refractivity contribution in [1.29, 1.82) is 0 Å². The molecule has 3 aromatic carbocycles. The molecule has 2 amide bonds. The number of hydrogen-bond donors (Lipinski definition) is 1. The first-order valence-corrected chi connectivity index (χ1v) is 15.6. The van der Waals surface area contributed by atoms with Crippen LogP contribution in [-0.2, 0) is 26.2 Å². The Morgan fingerprint density at radius 3 is 2.32 bits per heavy atom. The van der Waals surface area contributed by atoms with Gasteiger partial charge in [0.05, 0.1) is 10.6 Å². The molecule has 1 N–H and O–H groups in total. The zero-order valence-corrected chi connectivity index (χ0v) is 24.8. The summed E-state index contributed by atoms with van der Waals surface area (Å²) in [7, 11) is -4.20. The van der Waals surface area contributed by atoms with Crippen LogP contribution in [-0.4, -0.2) is 43.8 Å². The van der Waals surface area contributed by atoms with E-state index in [1.165, 1.54) is 23.1 Å². The third-order valence-electron chi connectivity index (χ3n) is 7.45. The van der Waals surface area contributed by atoms with Crippen LogP contribution in [0, 0.1) is 12.7 Å². The van der Waals surface area contributed by atoms with Crippen LogP contribution in [0.15, 0.2) is 77.7 Å². The summed E-state index contributed by atoms with van der Waals surface area (Å²) in [6.45, 7) is 2.48. The number of halogens is 2. The maximum atomic E-state index is 14.7. The van der Waals surface area contributed by atoms with Gasteiger partial charge in [-0.05, 0) is 68.7 Å². The lowest BCUT2D eigenvalue weighted by atomic mass is 9.95. The van der Waals surface area contributed by atoms with Gasteiger partial charge in [0.15, 0.2) is 0 Å². The van der Waals surface area contributed by atoms with E-state index in [0.717, 1.165) is 36.4 Å². The van der Waals surface area contributed by atoms with Crippen molar-refractivity contribution in [3.63, 3.8) is 0 Å². The van der Waals surface area contributed by atoms with Gasteiger partial charge in [-0.3, -0.25) is 13.9 Å². The largest absolute Gasteiger partial charge is 0.352 e. The molecular formula is C31H35ClFN3O4S. The van der Waals surface area contributed by atoms with Gasteiger partial charge in [-0.25, -0.2) is 12.8 Å². The summed E-state index contributed by atoms with van der Waals surface area (Å²) in [5, 5.41) is 3.46. The molecule has 1 atom stereocenters. The number of rotatable bonds is 10. The van der Waals surface area contributed by atoms with Gasteiger partial charge in [0.2, 0.25) is 11.8 Å². The van der Waals surface area contributed by atoms with Crippen LogP contribution in [0.25, 0.3) is 0 Å². The highest BCUT2D eigenvalue weighted by Gasteiger charge is 2.34. The molecule has 1 saturated carbocycles. The highest BCUT2D eigenvalue weighted by atomic mass is 35.5. The fourth-order valence-electron chi connectivity index (χ4n) is 5.09. The van der Waals surface area contributed by atoms with E-state index >= 15 is 0 Å². The Bertz CT molecular complexity index is 1480. The molecule has 10 heteroatoms. The summed E-state index contributed by atoms with van der Waals surface area (Å²) in [5.74, 6) is -1.53. The van der Waals surface area contributed by atoms with Gasteiger partial charge in [0.25, 0.3) is 10.0 Å². The Morgan fingerprint density at radius 2 is 1.66 bits per heavy atom. The van der Waals surface area contributed by atoms with E-state index in [0.29, 0.717) is 10.6 Å². The van der Waals surface area contributed by atoms with Crippen LogP contribution in [0.4, 0.5) is 10.1 Å². The number of benzene rings is 3. The molecule has 1 unspecified atom stereocenters. The standard InChI is InChI=1S/C31H35ClFN3O4S/c1-22-19-25(32)17-18-29(22)36(41(39,40)27-14-7-4-8-15-27)21-30(37)35(20-24-11-9-10-16-28(24)33)23(2)31(38)34-26-12-5-3-6-13-26/h4,7-11,14-19,23,26H,3,5-6,12-13,20-21H2,1-2H3,(H,34,38). The molecule has 1 aliphatic carbocycles. The second kappa shape index (κ2) is 13.5. The molecule has 0 radical (unpaired) electrons. The van der Waals surface area contributed by atoms with Crippen LogP contribution >= 0.6 is 11.6 Å². The van der Waals surface area contributed by atoms with E-state index in [-0.39, 0.29) is 34.6 Å². The van der Waals surface area contributed by atoms with E-state index in [4.69, 9.17) is 11.6 Å². The summed E-state index contributed by atoms with van der Waals surface area (Å²) in [6.07, 6.45) is 4.88. The number of carbonyl (C=O) groups is 2. The molecule has 0 aliphatic heterocycles. The molecule has 0 saturated heterocycles. The number of sulfonamides is 1. The van der Waals surface area contributed by atoms with Crippen molar-refractivity contribution in [2.45, 2.75) is 69.5 Å². The Balaban J connectivity index is 1.70. The molecule has 4 rings (SSSR count). The van der Waals surface area contributed by atoms with E-state index < -0.39 is 34.3 Å². The highest BCUT2D eigenvalue weighted by molar-refractivity contribution is 7.92. The number of carbonyl (C=O) groups excluding carboxylic acids is 2. The second-order valence-corrected chi connectivity index (χ2v) is 12.7. The summed E-state index contributed by atoms with van der Waals surface area (Å²) in [4.78, 5) is 28.6. The van der Waals surface area contributed by atoms with E-state index in [1.807, 2.05) is 0 Å². The molecule has 0 heterocycles. The maximum Gasteiger partial charge on any atom is 0.264 e. The predicted molar refractivity (Wildman–Crippen MR) is 159 cm³/mol. The molecule has 41 heavy (non-hydrogen) atoms. The van der Waals surface area contributed by atoms with Gasteiger partial charge in [-0.15, -0.1) is 0 Å². The summed E-state index contributed by atoms with van der Waals surface area (Å²) in [6, 6.07) is 17.6. The van der Waals surface area contributed by atoms with Crippen molar-refractivity contribution >= 4 is 39.1 Å². The van der Waals surface area contributed by atoms with Crippen LogP contribution < -0.4 is 9.62 Å². The predicted octanol–water partition coefficient (Wildman–Crippen LogP) is 5.85. The third-order valence-corrected chi connectivity index (χ3v) is 9.46. The molecule has 3 aromatic rings. The van der Waals surface area contributed by atoms with E-state index in [2.05, 4.69) is 5.32 Å². The molecule has 218 valence electrons. The van der Waals surface area contributed by atoms with E-state index in [1.54, 1.807) is 68.4 Å². The Kier molecular flexibility index (Phi) is 10.0. The molecular weight excluding hydrogens is 565 g/mol. The van der Waals surface area contributed by atoms with E-state index in [9.17, 15) is 22.4 Å². The smallest absolute Gasteiger partial charge is 0.264 e. The van der Waals surface area contributed by atoms with Crippen LogP contribution in [0.5, 0.6) is 0 Å². The minimum Gasteiger partial charge on any atom is -0.352 e. The van der Waals surface area contributed by atoms with Crippen molar-refractivity contribution in [3.8, 4) is 0 Å². The molecule has 1 fully saturated rings. The zero-order valence-electron chi connectivity index (χ0n) is 23.2. The number of nitrogens with zero attached hydrogens (tertiary/aromatic N) is 2. The molecule has 1 aliphatic rings.